The zero-order valence-electron chi connectivity index (χ0n) is 16.2. The fourth-order valence-electron chi connectivity index (χ4n) is 2.09. The van der Waals surface area contributed by atoms with Crippen molar-refractivity contribution in [3.8, 4) is 11.5 Å². The van der Waals surface area contributed by atoms with E-state index in [2.05, 4.69) is 76.5 Å². The first-order valence-electron chi connectivity index (χ1n) is 8.27. The van der Waals surface area contributed by atoms with E-state index in [1.54, 1.807) is 5.20 Å². The van der Waals surface area contributed by atoms with E-state index in [0.717, 1.165) is 12.8 Å². The summed E-state index contributed by atoms with van der Waals surface area (Å²) in [7, 11) is -3.97. The Morgan fingerprint density at radius 3 is 1.68 bits per heavy atom. The van der Waals surface area contributed by atoms with Gasteiger partial charge in [0, 0.05) is 6.42 Å². The molecule has 22 heavy (non-hydrogen) atoms. The first-order chi connectivity index (χ1) is 9.77. The second-order valence-corrected chi connectivity index (χ2v) is 24.1. The Hall–Kier alpha value is -0.349. The topological polar surface area (TPSA) is 20.2 Å². The molecular formula is C18H36OSi3. The summed E-state index contributed by atoms with van der Waals surface area (Å²) < 4.78 is 0. The molecule has 1 N–H and O–H groups in total. The summed E-state index contributed by atoms with van der Waals surface area (Å²) in [4.78, 5) is 0. The number of hydrogen-bond donors (Lipinski definition) is 1. The third-order valence-electron chi connectivity index (χ3n) is 3.57. The Balaban J connectivity index is 5.28. The van der Waals surface area contributed by atoms with Gasteiger partial charge < -0.3 is 5.11 Å². The molecule has 0 aromatic carbocycles. The Labute approximate surface area is 142 Å². The first kappa shape index (κ1) is 21.7. The van der Waals surface area contributed by atoms with Crippen LogP contribution in [0.15, 0.2) is 22.5 Å². The molecule has 0 bridgehead atoms. The van der Waals surface area contributed by atoms with Crippen LogP contribution in [0.1, 0.15) is 12.8 Å². The minimum absolute atomic E-state index is 0.158. The van der Waals surface area contributed by atoms with Crippen LogP contribution in [-0.4, -0.2) is 35.9 Å². The molecule has 0 aliphatic rings. The highest BCUT2D eigenvalue weighted by Crippen LogP contribution is 2.23. The molecule has 0 heterocycles. The number of aliphatic hydroxyl groups excluding tert-OH is 1. The van der Waals surface area contributed by atoms with E-state index in [4.69, 9.17) is 0 Å². The lowest BCUT2D eigenvalue weighted by Gasteiger charge is -2.23. The summed E-state index contributed by atoms with van der Waals surface area (Å²) >= 11 is 0. The summed E-state index contributed by atoms with van der Waals surface area (Å²) in [6.45, 7) is 21.3. The summed E-state index contributed by atoms with van der Waals surface area (Å²) in [5.74, 6) is 3.45. The molecule has 0 fully saturated rings. The van der Waals surface area contributed by atoms with Gasteiger partial charge in [0.1, 0.15) is 8.07 Å². The quantitative estimate of drug-likeness (QED) is 0.511. The zero-order valence-corrected chi connectivity index (χ0v) is 19.2. The Morgan fingerprint density at radius 2 is 1.32 bits per heavy atom. The molecule has 1 nitrogen and oxygen atoms in total. The fourth-order valence-corrected chi connectivity index (χ4v) is 5.46. The second kappa shape index (κ2) is 8.49. The standard InChI is InChI=1S/C18H36OSi3/c1-20(2,3)16-10-11-17(21(4,5)6)12-13-18(14-15-19)22(7,8)9/h12,14,19H,11,13,15H2,1-9H3/b17-12-,18-14-. The second-order valence-electron chi connectivity index (χ2n) is 9.07. The molecule has 0 aromatic heterocycles. The normalized spacial score (nSPS) is 14.6. The van der Waals surface area contributed by atoms with E-state index in [1.807, 2.05) is 6.08 Å². The monoisotopic (exact) mass is 352 g/mol. The number of rotatable bonds is 6. The minimum atomic E-state index is -1.35. The summed E-state index contributed by atoms with van der Waals surface area (Å²) in [6, 6.07) is 0. The largest absolute Gasteiger partial charge is 0.392 e. The minimum Gasteiger partial charge on any atom is -0.392 e. The van der Waals surface area contributed by atoms with Crippen LogP contribution in [0, 0.1) is 11.5 Å². The van der Waals surface area contributed by atoms with E-state index >= 15 is 0 Å². The molecule has 0 aliphatic carbocycles. The number of hydrogen-bond acceptors (Lipinski definition) is 1. The highest BCUT2D eigenvalue weighted by molar-refractivity contribution is 6.84. The summed E-state index contributed by atoms with van der Waals surface area (Å²) in [5, 5.41) is 12.3. The molecule has 0 rings (SSSR count). The van der Waals surface area contributed by atoms with Crippen LogP contribution in [0.4, 0.5) is 0 Å². The average molecular weight is 353 g/mol. The number of allylic oxidation sites excluding steroid dienone is 3. The van der Waals surface area contributed by atoms with Crippen LogP contribution in [0.3, 0.4) is 0 Å². The van der Waals surface area contributed by atoms with Gasteiger partial charge in [-0.25, -0.2) is 0 Å². The van der Waals surface area contributed by atoms with E-state index in [1.165, 1.54) is 5.20 Å². The molecule has 0 saturated heterocycles. The predicted octanol–water partition coefficient (Wildman–Crippen LogP) is 5.25. The van der Waals surface area contributed by atoms with Gasteiger partial charge in [-0.1, -0.05) is 81.5 Å². The molecule has 0 saturated carbocycles. The van der Waals surface area contributed by atoms with Crippen LogP contribution < -0.4 is 0 Å². The molecule has 0 amide bonds. The van der Waals surface area contributed by atoms with E-state index < -0.39 is 24.2 Å². The summed E-state index contributed by atoms with van der Waals surface area (Å²) in [6.07, 6.45) is 6.37. The molecule has 0 radical (unpaired) electrons. The Kier molecular flexibility index (Phi) is 8.35. The van der Waals surface area contributed by atoms with Gasteiger partial charge in [0.2, 0.25) is 0 Å². The van der Waals surface area contributed by atoms with Crippen molar-refractivity contribution in [2.24, 2.45) is 0 Å². The van der Waals surface area contributed by atoms with E-state index in [0.29, 0.717) is 0 Å². The van der Waals surface area contributed by atoms with Crippen molar-refractivity contribution < 1.29 is 5.11 Å². The lowest BCUT2D eigenvalue weighted by atomic mass is 10.3. The lowest BCUT2D eigenvalue weighted by molar-refractivity contribution is 0.342. The van der Waals surface area contributed by atoms with Crippen molar-refractivity contribution in [2.45, 2.75) is 71.8 Å². The fraction of sp³-hybridized carbons (Fsp3) is 0.667. The Morgan fingerprint density at radius 1 is 0.818 bits per heavy atom. The van der Waals surface area contributed by atoms with Crippen LogP contribution in [0.5, 0.6) is 0 Å². The smallest absolute Gasteiger partial charge is 0.129 e. The van der Waals surface area contributed by atoms with Crippen molar-refractivity contribution >= 4 is 24.2 Å². The summed E-state index contributed by atoms with van der Waals surface area (Å²) in [5.41, 5.74) is 3.49. The van der Waals surface area contributed by atoms with Gasteiger partial charge in [-0.15, -0.1) is 11.5 Å². The van der Waals surface area contributed by atoms with Crippen molar-refractivity contribution in [3.63, 3.8) is 0 Å². The van der Waals surface area contributed by atoms with Gasteiger partial charge in [0.25, 0.3) is 0 Å². The SMILES string of the molecule is C[Si](C)(C)C#CC/C(=C/C/C(=C/CO)[Si](C)(C)C)[Si](C)(C)C. The molecule has 4 heteroatoms. The van der Waals surface area contributed by atoms with E-state index in [-0.39, 0.29) is 6.61 Å². The predicted molar refractivity (Wildman–Crippen MR) is 110 cm³/mol. The van der Waals surface area contributed by atoms with Gasteiger partial charge in [-0.2, -0.15) is 0 Å². The van der Waals surface area contributed by atoms with Gasteiger partial charge >= 0.3 is 0 Å². The van der Waals surface area contributed by atoms with Gasteiger partial charge in [-0.3, -0.25) is 0 Å². The third kappa shape index (κ3) is 9.62. The first-order valence-corrected chi connectivity index (χ1v) is 18.8. The van der Waals surface area contributed by atoms with Crippen LogP contribution >= 0.6 is 0 Å². The average Bonchev–Trinajstić information content (AvgIpc) is 2.27. The Bertz CT molecular complexity index is 472. The molecular weight excluding hydrogens is 316 g/mol. The van der Waals surface area contributed by atoms with Gasteiger partial charge in [0.05, 0.1) is 22.8 Å². The van der Waals surface area contributed by atoms with Crippen molar-refractivity contribution in [2.75, 3.05) is 6.61 Å². The maximum absolute atomic E-state index is 9.27. The maximum atomic E-state index is 9.27. The molecule has 0 unspecified atom stereocenters. The van der Waals surface area contributed by atoms with Crippen LogP contribution in [0.25, 0.3) is 0 Å². The van der Waals surface area contributed by atoms with Gasteiger partial charge in [0.15, 0.2) is 0 Å². The van der Waals surface area contributed by atoms with Crippen molar-refractivity contribution in [1.82, 2.24) is 0 Å². The van der Waals surface area contributed by atoms with Crippen molar-refractivity contribution in [3.05, 3.63) is 22.5 Å². The zero-order chi connectivity index (χ0) is 17.6. The molecule has 126 valence electrons. The van der Waals surface area contributed by atoms with Crippen molar-refractivity contribution in [1.29, 1.82) is 0 Å². The molecule has 0 aliphatic heterocycles. The van der Waals surface area contributed by atoms with Gasteiger partial charge in [-0.05, 0) is 6.42 Å². The number of aliphatic hydroxyl groups is 1. The molecule has 0 aromatic rings. The van der Waals surface area contributed by atoms with E-state index in [9.17, 15) is 5.11 Å². The molecule has 0 spiro atoms. The van der Waals surface area contributed by atoms with Crippen LogP contribution in [0.2, 0.25) is 58.9 Å². The molecule has 0 atom stereocenters. The third-order valence-corrected chi connectivity index (χ3v) is 9.14. The highest BCUT2D eigenvalue weighted by atomic mass is 28.3. The lowest BCUT2D eigenvalue weighted by Crippen LogP contribution is -2.26. The van der Waals surface area contributed by atoms with Crippen LogP contribution in [-0.2, 0) is 0 Å². The maximum Gasteiger partial charge on any atom is 0.129 e. The highest BCUT2D eigenvalue weighted by Gasteiger charge is 2.21.